The molecule has 22 heavy (non-hydrogen) atoms. The van der Waals surface area contributed by atoms with Crippen molar-refractivity contribution in [3.8, 4) is 11.5 Å². The van der Waals surface area contributed by atoms with Gasteiger partial charge in [0.25, 0.3) is 0 Å². The molecule has 2 aromatic rings. The summed E-state index contributed by atoms with van der Waals surface area (Å²) in [4.78, 5) is 0. The van der Waals surface area contributed by atoms with Gasteiger partial charge in [-0.25, -0.2) is 0 Å². The monoisotopic (exact) mass is 385 g/mol. The van der Waals surface area contributed by atoms with Crippen molar-refractivity contribution < 1.29 is 14.9 Å². The molecule has 2 aromatic carbocycles. The fourth-order valence-corrected chi connectivity index (χ4v) is 2.98. The van der Waals surface area contributed by atoms with Crippen molar-refractivity contribution in [3.63, 3.8) is 0 Å². The zero-order chi connectivity index (χ0) is 15.0. The highest BCUT2D eigenvalue weighted by Crippen LogP contribution is 2.43. The van der Waals surface area contributed by atoms with Crippen LogP contribution in [0.3, 0.4) is 0 Å². The van der Waals surface area contributed by atoms with Crippen molar-refractivity contribution in [1.29, 1.82) is 0 Å². The Morgan fingerprint density at radius 3 is 2.45 bits per heavy atom. The van der Waals surface area contributed by atoms with Crippen LogP contribution in [0.1, 0.15) is 28.9 Å². The number of phenolic OH excluding ortho intramolecular Hbond substituents is 2. The topological polar surface area (TPSA) is 75.7 Å². The van der Waals surface area contributed by atoms with Crippen molar-refractivity contribution in [2.75, 3.05) is 6.54 Å². The molecule has 0 amide bonds. The van der Waals surface area contributed by atoms with Crippen LogP contribution in [-0.4, -0.2) is 16.8 Å². The van der Waals surface area contributed by atoms with Crippen LogP contribution in [0.5, 0.6) is 11.5 Å². The summed E-state index contributed by atoms with van der Waals surface area (Å²) in [6.45, 7) is 0.324. The quantitative estimate of drug-likeness (QED) is 0.689. The van der Waals surface area contributed by atoms with E-state index in [2.05, 4.69) is 15.9 Å². The molecule has 0 aromatic heterocycles. The Kier molecular flexibility index (Phi) is 5.34. The molecule has 0 aliphatic carbocycles. The number of ether oxygens (including phenoxy) is 1. The van der Waals surface area contributed by atoms with Gasteiger partial charge in [0.05, 0.1) is 12.2 Å². The lowest BCUT2D eigenvalue weighted by atomic mass is 9.90. The SMILES string of the molecule is Cl.NC[C@@H]1O[C@H](c2ccc(Br)cc2)Cc2c1ccc(O)c2O. The van der Waals surface area contributed by atoms with Gasteiger partial charge in [0.15, 0.2) is 11.5 Å². The number of halogens is 2. The average Bonchev–Trinajstić information content (AvgIpc) is 2.51. The van der Waals surface area contributed by atoms with Crippen LogP contribution in [0, 0.1) is 0 Å². The summed E-state index contributed by atoms with van der Waals surface area (Å²) in [5.41, 5.74) is 8.37. The van der Waals surface area contributed by atoms with E-state index in [1.165, 1.54) is 6.07 Å². The van der Waals surface area contributed by atoms with Gasteiger partial charge in [0.2, 0.25) is 0 Å². The molecule has 0 unspecified atom stereocenters. The predicted molar refractivity (Wildman–Crippen MR) is 90.5 cm³/mol. The molecule has 0 saturated carbocycles. The predicted octanol–water partition coefficient (Wildman–Crippen LogP) is 3.60. The molecular formula is C16H17BrClNO3. The Morgan fingerprint density at radius 1 is 1.14 bits per heavy atom. The fourth-order valence-electron chi connectivity index (χ4n) is 2.72. The highest BCUT2D eigenvalue weighted by molar-refractivity contribution is 9.10. The second-order valence-corrected chi connectivity index (χ2v) is 6.02. The summed E-state index contributed by atoms with van der Waals surface area (Å²) >= 11 is 3.41. The lowest BCUT2D eigenvalue weighted by molar-refractivity contribution is -0.0231. The first kappa shape index (κ1) is 17.1. The molecule has 0 spiro atoms. The maximum Gasteiger partial charge on any atom is 0.161 e. The number of phenols is 2. The lowest BCUT2D eigenvalue weighted by Crippen LogP contribution is -2.25. The summed E-state index contributed by atoms with van der Waals surface area (Å²) in [7, 11) is 0. The number of rotatable bonds is 2. The van der Waals surface area contributed by atoms with Crippen LogP contribution in [0.25, 0.3) is 0 Å². The van der Waals surface area contributed by atoms with Crippen LogP contribution in [0.2, 0.25) is 0 Å². The maximum absolute atomic E-state index is 10.1. The van der Waals surface area contributed by atoms with E-state index in [1.54, 1.807) is 6.07 Å². The Hall–Kier alpha value is -1.27. The fraction of sp³-hybridized carbons (Fsp3) is 0.250. The molecule has 1 aliphatic heterocycles. The van der Waals surface area contributed by atoms with E-state index in [9.17, 15) is 10.2 Å². The minimum absolute atomic E-state index is 0. The summed E-state index contributed by atoms with van der Waals surface area (Å²) in [6.07, 6.45) is 0.0361. The molecule has 6 heteroatoms. The third-order valence-corrected chi connectivity index (χ3v) is 4.35. The van der Waals surface area contributed by atoms with Gasteiger partial charge in [-0.15, -0.1) is 12.4 Å². The van der Waals surface area contributed by atoms with Crippen molar-refractivity contribution in [2.45, 2.75) is 18.6 Å². The van der Waals surface area contributed by atoms with E-state index in [4.69, 9.17) is 10.5 Å². The molecule has 118 valence electrons. The van der Waals surface area contributed by atoms with Gasteiger partial charge in [-0.2, -0.15) is 0 Å². The summed E-state index contributed by atoms with van der Waals surface area (Å²) in [5.74, 6) is -0.183. The standard InChI is InChI=1S/C16H16BrNO3.ClH/c17-10-3-1-9(2-4-10)14-7-12-11(15(8-18)21-14)5-6-13(19)16(12)20;/h1-6,14-15,19-20H,7-8,18H2;1H/t14-,15-;/m0./s1. The lowest BCUT2D eigenvalue weighted by Gasteiger charge is -2.32. The number of hydrogen-bond acceptors (Lipinski definition) is 4. The van der Waals surface area contributed by atoms with Gasteiger partial charge in [-0.05, 0) is 29.3 Å². The Labute approximate surface area is 143 Å². The molecule has 2 atom stereocenters. The van der Waals surface area contributed by atoms with E-state index in [0.29, 0.717) is 18.5 Å². The highest BCUT2D eigenvalue weighted by Gasteiger charge is 2.30. The Bertz CT molecular complexity index is 663. The smallest absolute Gasteiger partial charge is 0.161 e. The van der Waals surface area contributed by atoms with E-state index in [1.807, 2.05) is 24.3 Å². The largest absolute Gasteiger partial charge is 0.504 e. The number of hydrogen-bond donors (Lipinski definition) is 3. The van der Waals surface area contributed by atoms with Crippen LogP contribution in [0.15, 0.2) is 40.9 Å². The zero-order valence-electron chi connectivity index (χ0n) is 11.7. The van der Waals surface area contributed by atoms with Gasteiger partial charge in [0, 0.05) is 23.0 Å². The molecule has 0 radical (unpaired) electrons. The molecule has 0 bridgehead atoms. The zero-order valence-corrected chi connectivity index (χ0v) is 14.1. The molecule has 0 fully saturated rings. The van der Waals surface area contributed by atoms with Crippen LogP contribution >= 0.6 is 28.3 Å². The maximum atomic E-state index is 10.1. The Balaban J connectivity index is 0.00000176. The average molecular weight is 387 g/mol. The molecule has 1 heterocycles. The number of benzene rings is 2. The minimum atomic E-state index is -0.283. The third kappa shape index (κ3) is 3.08. The Morgan fingerprint density at radius 2 is 1.82 bits per heavy atom. The molecular weight excluding hydrogens is 370 g/mol. The molecule has 3 rings (SSSR count). The number of nitrogens with two attached hydrogens (primary N) is 1. The van der Waals surface area contributed by atoms with Crippen molar-refractivity contribution in [2.24, 2.45) is 5.73 Å². The van der Waals surface area contributed by atoms with E-state index >= 15 is 0 Å². The van der Waals surface area contributed by atoms with Gasteiger partial charge in [-0.1, -0.05) is 34.1 Å². The van der Waals surface area contributed by atoms with E-state index < -0.39 is 0 Å². The number of fused-ring (bicyclic) bond motifs is 1. The van der Waals surface area contributed by atoms with Gasteiger partial charge < -0.3 is 20.7 Å². The van der Waals surface area contributed by atoms with E-state index in [-0.39, 0.29) is 36.1 Å². The summed E-state index contributed by atoms with van der Waals surface area (Å²) in [6, 6.07) is 11.1. The third-order valence-electron chi connectivity index (χ3n) is 3.82. The molecule has 1 aliphatic rings. The van der Waals surface area contributed by atoms with Crippen LogP contribution in [0.4, 0.5) is 0 Å². The first-order valence-corrected chi connectivity index (χ1v) is 7.54. The van der Waals surface area contributed by atoms with Gasteiger partial charge in [0.1, 0.15) is 0 Å². The van der Waals surface area contributed by atoms with Gasteiger partial charge in [-0.3, -0.25) is 0 Å². The number of aromatic hydroxyl groups is 2. The normalized spacial score (nSPS) is 20.1. The summed E-state index contributed by atoms with van der Waals surface area (Å²) < 4.78 is 7.05. The second-order valence-electron chi connectivity index (χ2n) is 5.11. The minimum Gasteiger partial charge on any atom is -0.504 e. The first-order valence-electron chi connectivity index (χ1n) is 6.75. The van der Waals surface area contributed by atoms with Crippen LogP contribution < -0.4 is 5.73 Å². The van der Waals surface area contributed by atoms with E-state index in [0.717, 1.165) is 15.6 Å². The summed E-state index contributed by atoms with van der Waals surface area (Å²) in [5, 5.41) is 19.8. The second kappa shape index (κ2) is 6.87. The highest BCUT2D eigenvalue weighted by atomic mass is 79.9. The van der Waals surface area contributed by atoms with Crippen LogP contribution in [-0.2, 0) is 11.2 Å². The molecule has 4 nitrogen and oxygen atoms in total. The van der Waals surface area contributed by atoms with Gasteiger partial charge >= 0.3 is 0 Å². The van der Waals surface area contributed by atoms with Crippen molar-refractivity contribution in [1.82, 2.24) is 0 Å². The van der Waals surface area contributed by atoms with Crippen molar-refractivity contribution in [3.05, 3.63) is 57.6 Å². The van der Waals surface area contributed by atoms with Crippen molar-refractivity contribution >= 4 is 28.3 Å². The first-order chi connectivity index (χ1) is 10.1. The molecule has 0 saturated heterocycles. The molecule has 4 N–H and O–H groups in total.